The van der Waals surface area contributed by atoms with Crippen molar-refractivity contribution in [2.45, 2.75) is 13.1 Å². The Kier molecular flexibility index (Phi) is 2.50. The van der Waals surface area contributed by atoms with Crippen LogP contribution in [0.25, 0.3) is 0 Å². The van der Waals surface area contributed by atoms with E-state index in [1.807, 2.05) is 0 Å². The Bertz CT molecular complexity index is 199. The molecule has 0 amide bonds. The van der Waals surface area contributed by atoms with E-state index in [0.29, 0.717) is 0 Å². The van der Waals surface area contributed by atoms with Gasteiger partial charge < -0.3 is 5.32 Å². The second-order valence-electron chi connectivity index (χ2n) is 2.37. The molecule has 1 aliphatic heterocycles. The monoisotopic (exact) mass is 182 g/mol. The average molecular weight is 183 g/mol. The van der Waals surface area contributed by atoms with E-state index in [0.717, 1.165) is 13.1 Å². The molecular formula is C8H9CuN. The van der Waals surface area contributed by atoms with Crippen molar-refractivity contribution in [3.63, 3.8) is 0 Å². The fourth-order valence-corrected chi connectivity index (χ4v) is 1.23. The number of hydrogen-bond donors (Lipinski definition) is 1. The van der Waals surface area contributed by atoms with Crippen molar-refractivity contribution >= 4 is 0 Å². The van der Waals surface area contributed by atoms with Crippen LogP contribution < -0.4 is 5.32 Å². The molecule has 0 unspecified atom stereocenters. The Morgan fingerprint density at radius 2 is 1.50 bits per heavy atom. The Balaban J connectivity index is 0.000000500. The zero-order valence-corrected chi connectivity index (χ0v) is 6.47. The van der Waals surface area contributed by atoms with E-state index in [2.05, 4.69) is 29.6 Å². The zero-order valence-electron chi connectivity index (χ0n) is 5.53. The molecule has 2 heteroatoms. The fraction of sp³-hybridized carbons (Fsp3) is 0.250. The number of hydrogen-bond acceptors (Lipinski definition) is 1. The van der Waals surface area contributed by atoms with Gasteiger partial charge in [0.1, 0.15) is 0 Å². The van der Waals surface area contributed by atoms with Crippen LogP contribution in [0.3, 0.4) is 0 Å². The van der Waals surface area contributed by atoms with E-state index in [1.165, 1.54) is 11.1 Å². The molecule has 1 heterocycles. The predicted molar refractivity (Wildman–Crippen MR) is 37.0 cm³/mol. The molecule has 57 valence electrons. The van der Waals surface area contributed by atoms with Crippen molar-refractivity contribution in [1.82, 2.24) is 5.32 Å². The van der Waals surface area contributed by atoms with E-state index in [9.17, 15) is 0 Å². The first-order valence-corrected chi connectivity index (χ1v) is 3.24. The minimum Gasteiger partial charge on any atom is -0.309 e. The van der Waals surface area contributed by atoms with Crippen molar-refractivity contribution in [3.8, 4) is 0 Å². The number of nitrogens with one attached hydrogen (secondary N) is 1. The molecule has 0 spiro atoms. The molecule has 1 radical (unpaired) electrons. The largest absolute Gasteiger partial charge is 0.309 e. The summed E-state index contributed by atoms with van der Waals surface area (Å²) in [7, 11) is 0. The Labute approximate surface area is 71.3 Å². The molecule has 0 atom stereocenters. The van der Waals surface area contributed by atoms with Crippen LogP contribution in [-0.2, 0) is 30.2 Å². The van der Waals surface area contributed by atoms with Gasteiger partial charge in [0.05, 0.1) is 0 Å². The van der Waals surface area contributed by atoms with Crippen LogP contribution in [0.1, 0.15) is 11.1 Å². The van der Waals surface area contributed by atoms with Gasteiger partial charge in [-0.15, -0.1) is 0 Å². The number of benzene rings is 1. The molecule has 0 aromatic heterocycles. The smallest absolute Gasteiger partial charge is 0.0211 e. The number of rotatable bonds is 0. The summed E-state index contributed by atoms with van der Waals surface area (Å²) in [6.07, 6.45) is 0. The first kappa shape index (κ1) is 7.80. The van der Waals surface area contributed by atoms with Gasteiger partial charge in [-0.2, -0.15) is 0 Å². The van der Waals surface area contributed by atoms with Gasteiger partial charge in [0.15, 0.2) is 0 Å². The van der Waals surface area contributed by atoms with Gasteiger partial charge in [0, 0.05) is 30.2 Å². The van der Waals surface area contributed by atoms with E-state index >= 15 is 0 Å². The summed E-state index contributed by atoms with van der Waals surface area (Å²) in [6, 6.07) is 8.53. The van der Waals surface area contributed by atoms with Crippen molar-refractivity contribution < 1.29 is 17.1 Å². The van der Waals surface area contributed by atoms with Crippen LogP contribution in [0.4, 0.5) is 0 Å². The number of fused-ring (bicyclic) bond motifs is 1. The van der Waals surface area contributed by atoms with Crippen molar-refractivity contribution in [1.29, 1.82) is 0 Å². The van der Waals surface area contributed by atoms with Gasteiger partial charge in [0.25, 0.3) is 0 Å². The van der Waals surface area contributed by atoms with Crippen LogP contribution in [0.5, 0.6) is 0 Å². The molecule has 1 N–H and O–H groups in total. The minimum atomic E-state index is 0. The third-order valence-electron chi connectivity index (χ3n) is 1.75. The summed E-state index contributed by atoms with van der Waals surface area (Å²) in [5, 5.41) is 3.29. The van der Waals surface area contributed by atoms with Gasteiger partial charge in [-0.25, -0.2) is 0 Å². The van der Waals surface area contributed by atoms with E-state index < -0.39 is 0 Å². The molecule has 2 rings (SSSR count). The maximum atomic E-state index is 3.29. The Morgan fingerprint density at radius 3 is 2.00 bits per heavy atom. The summed E-state index contributed by atoms with van der Waals surface area (Å²) >= 11 is 0. The molecule has 0 bridgehead atoms. The summed E-state index contributed by atoms with van der Waals surface area (Å²) in [5.74, 6) is 0. The Morgan fingerprint density at radius 1 is 1.00 bits per heavy atom. The van der Waals surface area contributed by atoms with Gasteiger partial charge in [-0.1, -0.05) is 24.3 Å². The minimum absolute atomic E-state index is 0. The molecule has 0 aliphatic carbocycles. The van der Waals surface area contributed by atoms with Crippen LogP contribution in [-0.4, -0.2) is 0 Å². The second-order valence-corrected chi connectivity index (χ2v) is 2.37. The van der Waals surface area contributed by atoms with Gasteiger partial charge in [-0.3, -0.25) is 0 Å². The standard InChI is InChI=1S/C8H9N.Cu/c1-2-4-8-6-9-5-7(8)3-1;/h1-4,9H,5-6H2;. The molecular weight excluding hydrogens is 174 g/mol. The second kappa shape index (κ2) is 3.20. The third kappa shape index (κ3) is 1.24. The van der Waals surface area contributed by atoms with Gasteiger partial charge >= 0.3 is 0 Å². The summed E-state index contributed by atoms with van der Waals surface area (Å²) in [5.41, 5.74) is 2.91. The molecule has 1 aromatic rings. The molecule has 1 aliphatic rings. The third-order valence-corrected chi connectivity index (χ3v) is 1.75. The van der Waals surface area contributed by atoms with E-state index in [1.54, 1.807) is 0 Å². The molecule has 1 aromatic carbocycles. The fourth-order valence-electron chi connectivity index (χ4n) is 1.23. The average Bonchev–Trinajstić information content (AvgIpc) is 2.33. The molecule has 0 saturated heterocycles. The van der Waals surface area contributed by atoms with Crippen LogP contribution in [0, 0.1) is 0 Å². The van der Waals surface area contributed by atoms with Crippen molar-refractivity contribution in [2.24, 2.45) is 0 Å². The summed E-state index contributed by atoms with van der Waals surface area (Å²) < 4.78 is 0. The quantitative estimate of drug-likeness (QED) is 0.597. The molecule has 0 fully saturated rings. The van der Waals surface area contributed by atoms with Gasteiger partial charge in [0.2, 0.25) is 0 Å². The van der Waals surface area contributed by atoms with Crippen molar-refractivity contribution in [2.75, 3.05) is 0 Å². The van der Waals surface area contributed by atoms with Crippen LogP contribution >= 0.6 is 0 Å². The van der Waals surface area contributed by atoms with Crippen LogP contribution in [0.2, 0.25) is 0 Å². The maximum Gasteiger partial charge on any atom is 0.0211 e. The first-order valence-electron chi connectivity index (χ1n) is 3.24. The SMILES string of the molecule is [Cu].c1ccc2c(c1)CNC2. The maximum absolute atomic E-state index is 3.29. The summed E-state index contributed by atoms with van der Waals surface area (Å²) in [4.78, 5) is 0. The Hall–Kier alpha value is -0.301. The van der Waals surface area contributed by atoms with Crippen molar-refractivity contribution in [3.05, 3.63) is 35.4 Å². The van der Waals surface area contributed by atoms with Crippen LogP contribution in [0.15, 0.2) is 24.3 Å². The summed E-state index contributed by atoms with van der Waals surface area (Å²) in [6.45, 7) is 2.10. The zero-order chi connectivity index (χ0) is 6.10. The first-order chi connectivity index (χ1) is 4.47. The topological polar surface area (TPSA) is 12.0 Å². The normalized spacial score (nSPS) is 14.0. The van der Waals surface area contributed by atoms with Gasteiger partial charge in [-0.05, 0) is 11.1 Å². The van der Waals surface area contributed by atoms with E-state index in [-0.39, 0.29) is 17.1 Å². The predicted octanol–water partition coefficient (Wildman–Crippen LogP) is 1.29. The molecule has 0 saturated carbocycles. The molecule has 10 heavy (non-hydrogen) atoms. The molecule has 1 nitrogen and oxygen atoms in total. The van der Waals surface area contributed by atoms with E-state index in [4.69, 9.17) is 0 Å².